The minimum absolute atomic E-state index is 0.432. The first-order valence-electron chi connectivity index (χ1n) is 4.89. The van der Waals surface area contributed by atoms with Crippen LogP contribution in [-0.4, -0.2) is 18.2 Å². The lowest BCUT2D eigenvalue weighted by Crippen LogP contribution is -2.36. The maximum Gasteiger partial charge on any atom is 0.268 e. The number of hydrogen-bond acceptors (Lipinski definition) is 2. The summed E-state index contributed by atoms with van der Waals surface area (Å²) >= 11 is 0. The number of ether oxygens (including phenoxy) is 1. The Morgan fingerprint density at radius 2 is 2.50 bits per heavy atom. The van der Waals surface area contributed by atoms with Crippen LogP contribution >= 0.6 is 0 Å². The Bertz CT molecular complexity index is 301. The molecule has 0 aliphatic carbocycles. The monoisotopic (exact) mass is 194 g/mol. The average Bonchev–Trinajstić information content (AvgIpc) is 2.61. The Balaban J connectivity index is 2.35. The van der Waals surface area contributed by atoms with Gasteiger partial charge in [0, 0.05) is 13.0 Å². The molecule has 1 N–H and O–H groups in total. The minimum atomic E-state index is 0.432. The smallest absolute Gasteiger partial charge is 0.268 e. The van der Waals surface area contributed by atoms with Crippen molar-refractivity contribution in [3.63, 3.8) is 0 Å². The van der Waals surface area contributed by atoms with E-state index in [9.17, 15) is 0 Å². The molecule has 1 rings (SSSR count). The Morgan fingerprint density at radius 1 is 1.64 bits per heavy atom. The number of nitrogens with zero attached hydrogens (tertiary/aromatic N) is 2. The van der Waals surface area contributed by atoms with Crippen molar-refractivity contribution in [2.75, 3.05) is 13.2 Å². The first-order chi connectivity index (χ1) is 6.88. The highest BCUT2D eigenvalue weighted by molar-refractivity contribution is 4.88. The number of aromatic nitrogens is 2. The van der Waals surface area contributed by atoms with E-state index in [1.807, 2.05) is 19.3 Å². The summed E-state index contributed by atoms with van der Waals surface area (Å²) in [5, 5.41) is 8.56. The molecule has 0 atom stereocenters. The van der Waals surface area contributed by atoms with Gasteiger partial charge in [-0.3, -0.25) is 0 Å². The van der Waals surface area contributed by atoms with Gasteiger partial charge in [0.25, 0.3) is 5.82 Å². The minimum Gasteiger partial charge on any atom is -0.382 e. The van der Waals surface area contributed by atoms with Crippen molar-refractivity contribution < 1.29 is 9.30 Å². The molecule has 0 aliphatic heterocycles. The van der Waals surface area contributed by atoms with Gasteiger partial charge in [-0.25, -0.2) is 9.55 Å². The Morgan fingerprint density at radius 3 is 3.21 bits per heavy atom. The van der Waals surface area contributed by atoms with Crippen molar-refractivity contribution >= 4 is 0 Å². The molecule has 76 valence electrons. The first kappa shape index (κ1) is 10.7. The number of H-pyrrole nitrogens is 1. The number of aromatic amines is 1. The lowest BCUT2D eigenvalue weighted by molar-refractivity contribution is -0.702. The highest BCUT2D eigenvalue weighted by atomic mass is 16.5. The molecule has 0 saturated heterocycles. The van der Waals surface area contributed by atoms with E-state index >= 15 is 0 Å². The van der Waals surface area contributed by atoms with Gasteiger partial charge in [0.15, 0.2) is 0 Å². The molecule has 1 aromatic rings. The molecule has 4 nitrogen and oxygen atoms in total. The van der Waals surface area contributed by atoms with Gasteiger partial charge < -0.3 is 4.74 Å². The molecule has 0 bridgehead atoms. The molecule has 1 heterocycles. The van der Waals surface area contributed by atoms with Gasteiger partial charge in [0.05, 0.1) is 19.2 Å². The van der Waals surface area contributed by atoms with E-state index < -0.39 is 0 Å². The normalized spacial score (nSPS) is 10.0. The number of imidazole rings is 1. The Labute approximate surface area is 84.1 Å². The van der Waals surface area contributed by atoms with Crippen LogP contribution in [0, 0.1) is 11.3 Å². The van der Waals surface area contributed by atoms with Crippen molar-refractivity contribution in [1.82, 2.24) is 4.98 Å². The summed E-state index contributed by atoms with van der Waals surface area (Å²) in [6, 6.07) is 2.13. The zero-order valence-corrected chi connectivity index (χ0v) is 8.49. The second kappa shape index (κ2) is 6.17. The van der Waals surface area contributed by atoms with Gasteiger partial charge in [-0.2, -0.15) is 5.26 Å². The number of nitrogens with one attached hydrogen (secondary N) is 1. The predicted octanol–water partition coefficient (Wildman–Crippen LogP) is 0.795. The topological polar surface area (TPSA) is 52.7 Å². The zero-order chi connectivity index (χ0) is 10.2. The molecule has 0 aliphatic rings. The van der Waals surface area contributed by atoms with E-state index in [1.54, 1.807) is 0 Å². The fourth-order valence-electron chi connectivity index (χ4n) is 1.31. The van der Waals surface area contributed by atoms with E-state index in [1.165, 1.54) is 0 Å². The van der Waals surface area contributed by atoms with Crippen LogP contribution in [0.5, 0.6) is 0 Å². The highest BCUT2D eigenvalue weighted by Gasteiger charge is 2.08. The summed E-state index contributed by atoms with van der Waals surface area (Å²) in [7, 11) is 0. The highest BCUT2D eigenvalue weighted by Crippen LogP contribution is 1.89. The zero-order valence-electron chi connectivity index (χ0n) is 8.49. The summed E-state index contributed by atoms with van der Waals surface area (Å²) in [6.45, 7) is 4.44. The molecule has 0 fully saturated rings. The number of rotatable bonds is 6. The fraction of sp³-hybridized carbons (Fsp3) is 0.600. The van der Waals surface area contributed by atoms with Crippen LogP contribution in [0.25, 0.3) is 0 Å². The lowest BCUT2D eigenvalue weighted by atomic mass is 10.4. The molecule has 0 unspecified atom stereocenters. The first-order valence-corrected chi connectivity index (χ1v) is 4.89. The van der Waals surface area contributed by atoms with Gasteiger partial charge in [-0.1, -0.05) is 0 Å². The van der Waals surface area contributed by atoms with Gasteiger partial charge in [0.2, 0.25) is 0 Å². The largest absolute Gasteiger partial charge is 0.382 e. The number of nitriles is 1. The third-order valence-electron chi connectivity index (χ3n) is 1.99. The Hall–Kier alpha value is -1.34. The van der Waals surface area contributed by atoms with Crippen LogP contribution in [0.3, 0.4) is 0 Å². The maximum atomic E-state index is 8.56. The van der Waals surface area contributed by atoms with Crippen molar-refractivity contribution in [3.05, 3.63) is 18.2 Å². The second-order valence-corrected chi connectivity index (χ2v) is 2.99. The molecule has 0 spiro atoms. The standard InChI is InChI=1S/C10H15N3O/c1-2-14-9-3-7-13-8-6-12-10(13)4-5-11/h6,8H,2-4,7,9H2,1H3/p+1. The molecule has 0 radical (unpaired) electrons. The predicted molar refractivity (Wildman–Crippen MR) is 51.4 cm³/mol. The summed E-state index contributed by atoms with van der Waals surface area (Å²) in [6.07, 6.45) is 5.22. The van der Waals surface area contributed by atoms with Crippen LogP contribution in [0.15, 0.2) is 12.4 Å². The summed E-state index contributed by atoms with van der Waals surface area (Å²) in [5.74, 6) is 0.962. The summed E-state index contributed by atoms with van der Waals surface area (Å²) in [5.41, 5.74) is 0. The second-order valence-electron chi connectivity index (χ2n) is 2.99. The van der Waals surface area contributed by atoms with Crippen molar-refractivity contribution in [3.8, 4) is 6.07 Å². The van der Waals surface area contributed by atoms with E-state index in [4.69, 9.17) is 10.00 Å². The molecule has 14 heavy (non-hydrogen) atoms. The van der Waals surface area contributed by atoms with Gasteiger partial charge in [-0.15, -0.1) is 0 Å². The molecule has 0 amide bonds. The third-order valence-corrected chi connectivity index (χ3v) is 1.99. The van der Waals surface area contributed by atoms with Crippen molar-refractivity contribution in [2.24, 2.45) is 0 Å². The van der Waals surface area contributed by atoms with Gasteiger partial charge in [-0.05, 0) is 6.92 Å². The lowest BCUT2D eigenvalue weighted by Gasteiger charge is -1.99. The maximum absolute atomic E-state index is 8.56. The van der Waals surface area contributed by atoms with Crippen LogP contribution in [0.1, 0.15) is 19.2 Å². The van der Waals surface area contributed by atoms with E-state index in [0.29, 0.717) is 6.42 Å². The van der Waals surface area contributed by atoms with Gasteiger partial charge in [0.1, 0.15) is 18.8 Å². The van der Waals surface area contributed by atoms with E-state index in [0.717, 1.165) is 32.0 Å². The molecule has 1 aromatic heterocycles. The number of hydrogen-bond donors (Lipinski definition) is 1. The fourth-order valence-corrected chi connectivity index (χ4v) is 1.31. The SMILES string of the molecule is CCOCCC[n+]1cc[nH]c1CC#N. The van der Waals surface area contributed by atoms with Gasteiger partial charge >= 0.3 is 0 Å². The molecular weight excluding hydrogens is 178 g/mol. The van der Waals surface area contributed by atoms with E-state index in [-0.39, 0.29) is 0 Å². The van der Waals surface area contributed by atoms with Crippen molar-refractivity contribution in [2.45, 2.75) is 26.3 Å². The van der Waals surface area contributed by atoms with Crippen molar-refractivity contribution in [1.29, 1.82) is 5.26 Å². The summed E-state index contributed by atoms with van der Waals surface area (Å²) < 4.78 is 7.30. The molecule has 0 saturated carbocycles. The van der Waals surface area contributed by atoms with E-state index in [2.05, 4.69) is 15.6 Å². The number of aryl methyl sites for hydroxylation is 1. The van der Waals surface area contributed by atoms with Crippen LogP contribution in [0.2, 0.25) is 0 Å². The Kier molecular flexibility index (Phi) is 4.73. The third kappa shape index (κ3) is 3.19. The van der Waals surface area contributed by atoms with Crippen LogP contribution in [-0.2, 0) is 17.7 Å². The molecular formula is C10H16N3O+. The van der Waals surface area contributed by atoms with Crippen LogP contribution in [0.4, 0.5) is 0 Å². The molecule has 4 heteroatoms. The average molecular weight is 194 g/mol. The molecule has 0 aromatic carbocycles. The summed E-state index contributed by atoms with van der Waals surface area (Å²) in [4.78, 5) is 3.05. The quantitative estimate of drug-likeness (QED) is 0.538. The van der Waals surface area contributed by atoms with Crippen LogP contribution < -0.4 is 4.57 Å².